The van der Waals surface area contributed by atoms with Gasteiger partial charge in [-0.2, -0.15) is 9.57 Å². The lowest BCUT2D eigenvalue weighted by Gasteiger charge is -2.36. The highest BCUT2D eigenvalue weighted by Gasteiger charge is 2.46. The molecule has 0 aromatic heterocycles. The lowest BCUT2D eigenvalue weighted by atomic mass is 10.0. The SMILES string of the molecule is N#Cc1ccc(S(=O)(=O)N2C3CCC2CC(O)C3)cc1. The molecule has 0 radical (unpaired) electrons. The Bertz CT molecular complexity index is 634. The van der Waals surface area contributed by atoms with E-state index in [-0.39, 0.29) is 23.1 Å². The summed E-state index contributed by atoms with van der Waals surface area (Å²) >= 11 is 0. The van der Waals surface area contributed by atoms with Crippen molar-refractivity contribution in [3.05, 3.63) is 29.8 Å². The summed E-state index contributed by atoms with van der Waals surface area (Å²) in [4.78, 5) is 0.227. The number of aliphatic hydroxyl groups excluding tert-OH is 1. The van der Waals surface area contributed by atoms with E-state index in [0.29, 0.717) is 18.4 Å². The number of benzene rings is 1. The molecular weight excluding hydrogens is 276 g/mol. The Labute approximate surface area is 118 Å². The largest absolute Gasteiger partial charge is 0.393 e. The first-order valence-corrected chi connectivity index (χ1v) is 8.18. The zero-order valence-corrected chi connectivity index (χ0v) is 11.8. The second-order valence-corrected chi connectivity index (χ2v) is 7.32. The second-order valence-electron chi connectivity index (χ2n) is 5.48. The molecule has 3 rings (SSSR count). The van der Waals surface area contributed by atoms with Crippen LogP contribution in [0, 0.1) is 11.3 Å². The van der Waals surface area contributed by atoms with Crippen molar-refractivity contribution in [3.8, 4) is 6.07 Å². The molecule has 2 atom stereocenters. The first-order valence-electron chi connectivity index (χ1n) is 6.74. The van der Waals surface area contributed by atoms with Gasteiger partial charge in [0.1, 0.15) is 0 Å². The lowest BCUT2D eigenvalue weighted by molar-refractivity contribution is 0.0769. The summed E-state index contributed by atoms with van der Waals surface area (Å²) in [5, 5.41) is 18.5. The quantitative estimate of drug-likeness (QED) is 0.889. The number of aliphatic hydroxyl groups is 1. The first-order chi connectivity index (χ1) is 9.52. The third-order valence-electron chi connectivity index (χ3n) is 4.20. The van der Waals surface area contributed by atoms with Gasteiger partial charge in [-0.05, 0) is 49.9 Å². The summed E-state index contributed by atoms with van der Waals surface area (Å²) in [5.74, 6) is 0. The molecule has 0 spiro atoms. The van der Waals surface area contributed by atoms with Crippen molar-refractivity contribution in [1.29, 1.82) is 5.26 Å². The van der Waals surface area contributed by atoms with Crippen LogP contribution in [-0.4, -0.2) is 36.0 Å². The molecule has 2 aliphatic rings. The Balaban J connectivity index is 1.94. The average Bonchev–Trinajstić information content (AvgIpc) is 2.72. The molecule has 0 amide bonds. The standard InChI is InChI=1S/C14H16N2O3S/c15-9-10-1-5-14(6-2-10)20(18,19)16-11-3-4-12(16)8-13(17)7-11/h1-2,5-6,11-13,17H,3-4,7-8H2. The highest BCUT2D eigenvalue weighted by atomic mass is 32.2. The van der Waals surface area contributed by atoms with Crippen LogP contribution in [0.1, 0.15) is 31.2 Å². The molecule has 0 aliphatic carbocycles. The van der Waals surface area contributed by atoms with Gasteiger partial charge in [-0.1, -0.05) is 0 Å². The number of hydrogen-bond acceptors (Lipinski definition) is 4. The van der Waals surface area contributed by atoms with Crippen LogP contribution < -0.4 is 0 Å². The van der Waals surface area contributed by atoms with Gasteiger partial charge >= 0.3 is 0 Å². The molecule has 2 unspecified atom stereocenters. The summed E-state index contributed by atoms with van der Waals surface area (Å²) in [7, 11) is -3.53. The van der Waals surface area contributed by atoms with E-state index in [1.807, 2.05) is 6.07 Å². The number of nitrogens with zero attached hydrogens (tertiary/aromatic N) is 2. The van der Waals surface area contributed by atoms with Gasteiger partial charge in [0.2, 0.25) is 10.0 Å². The maximum absolute atomic E-state index is 12.7. The minimum atomic E-state index is -3.53. The molecule has 1 N–H and O–H groups in total. The van der Waals surface area contributed by atoms with Crippen LogP contribution in [0.15, 0.2) is 29.2 Å². The number of piperidine rings is 1. The molecule has 20 heavy (non-hydrogen) atoms. The molecule has 5 nitrogen and oxygen atoms in total. The summed E-state index contributed by atoms with van der Waals surface area (Å²) in [6.45, 7) is 0. The predicted molar refractivity (Wildman–Crippen MR) is 72.2 cm³/mol. The van der Waals surface area contributed by atoms with E-state index in [1.165, 1.54) is 24.3 Å². The van der Waals surface area contributed by atoms with Crippen molar-refractivity contribution < 1.29 is 13.5 Å². The Hall–Kier alpha value is -1.42. The number of nitriles is 1. The van der Waals surface area contributed by atoms with E-state index in [4.69, 9.17) is 5.26 Å². The van der Waals surface area contributed by atoms with Crippen LogP contribution in [0.3, 0.4) is 0 Å². The van der Waals surface area contributed by atoms with Gasteiger partial charge in [0.15, 0.2) is 0 Å². The van der Waals surface area contributed by atoms with Gasteiger partial charge in [-0.3, -0.25) is 0 Å². The Morgan fingerprint density at radius 3 is 2.20 bits per heavy atom. The van der Waals surface area contributed by atoms with E-state index in [0.717, 1.165) is 12.8 Å². The van der Waals surface area contributed by atoms with Gasteiger partial charge in [0, 0.05) is 12.1 Å². The smallest absolute Gasteiger partial charge is 0.243 e. The number of sulfonamides is 1. The molecule has 2 aliphatic heterocycles. The predicted octanol–water partition coefficient (Wildman–Crippen LogP) is 1.23. The maximum Gasteiger partial charge on any atom is 0.243 e. The van der Waals surface area contributed by atoms with Crippen LogP contribution in [-0.2, 0) is 10.0 Å². The van der Waals surface area contributed by atoms with Crippen LogP contribution >= 0.6 is 0 Å². The third-order valence-corrected chi connectivity index (χ3v) is 6.22. The van der Waals surface area contributed by atoms with E-state index in [2.05, 4.69) is 0 Å². The minimum Gasteiger partial charge on any atom is -0.393 e. The molecule has 1 aromatic carbocycles. The zero-order chi connectivity index (χ0) is 14.3. The molecular formula is C14H16N2O3S. The van der Waals surface area contributed by atoms with Crippen molar-refractivity contribution in [3.63, 3.8) is 0 Å². The molecule has 2 heterocycles. The van der Waals surface area contributed by atoms with Crippen molar-refractivity contribution in [1.82, 2.24) is 4.31 Å². The summed E-state index contributed by atoms with van der Waals surface area (Å²) in [6.07, 6.45) is 2.28. The van der Waals surface area contributed by atoms with Gasteiger partial charge in [0.05, 0.1) is 22.6 Å². The molecule has 2 saturated heterocycles. The van der Waals surface area contributed by atoms with Crippen LogP contribution in [0.4, 0.5) is 0 Å². The second kappa shape index (κ2) is 4.85. The molecule has 106 valence electrons. The highest BCUT2D eigenvalue weighted by molar-refractivity contribution is 7.89. The fourth-order valence-corrected chi connectivity index (χ4v) is 5.21. The maximum atomic E-state index is 12.7. The van der Waals surface area contributed by atoms with E-state index in [9.17, 15) is 13.5 Å². The number of rotatable bonds is 2. The third kappa shape index (κ3) is 2.12. The minimum absolute atomic E-state index is 0.0932. The lowest BCUT2D eigenvalue weighted by Crippen LogP contribution is -2.47. The average molecular weight is 292 g/mol. The fraction of sp³-hybridized carbons (Fsp3) is 0.500. The molecule has 6 heteroatoms. The van der Waals surface area contributed by atoms with Crippen molar-refractivity contribution in [2.75, 3.05) is 0 Å². The van der Waals surface area contributed by atoms with Gasteiger partial charge in [-0.15, -0.1) is 0 Å². The van der Waals surface area contributed by atoms with Gasteiger partial charge in [0.25, 0.3) is 0 Å². The van der Waals surface area contributed by atoms with Crippen molar-refractivity contribution in [2.24, 2.45) is 0 Å². The number of fused-ring (bicyclic) bond motifs is 2. The zero-order valence-electron chi connectivity index (χ0n) is 10.9. The van der Waals surface area contributed by atoms with E-state index in [1.54, 1.807) is 4.31 Å². The molecule has 2 fully saturated rings. The van der Waals surface area contributed by atoms with Crippen molar-refractivity contribution >= 4 is 10.0 Å². The summed E-state index contributed by atoms with van der Waals surface area (Å²) in [6, 6.07) is 7.80. The van der Waals surface area contributed by atoms with Gasteiger partial charge < -0.3 is 5.11 Å². The normalized spacial score (nSPS) is 30.1. The molecule has 2 bridgehead atoms. The van der Waals surface area contributed by atoms with E-state index >= 15 is 0 Å². The molecule has 0 saturated carbocycles. The van der Waals surface area contributed by atoms with Crippen LogP contribution in [0.5, 0.6) is 0 Å². The van der Waals surface area contributed by atoms with Crippen LogP contribution in [0.25, 0.3) is 0 Å². The Morgan fingerprint density at radius 2 is 1.70 bits per heavy atom. The Kier molecular flexibility index (Phi) is 3.28. The number of hydrogen-bond donors (Lipinski definition) is 1. The summed E-state index contributed by atoms with van der Waals surface area (Å²) < 4.78 is 27.0. The summed E-state index contributed by atoms with van der Waals surface area (Å²) in [5.41, 5.74) is 0.445. The highest BCUT2D eigenvalue weighted by Crippen LogP contribution is 2.39. The van der Waals surface area contributed by atoms with Crippen LogP contribution in [0.2, 0.25) is 0 Å². The van der Waals surface area contributed by atoms with E-state index < -0.39 is 10.0 Å². The topological polar surface area (TPSA) is 81.4 Å². The first kappa shape index (κ1) is 13.6. The Morgan fingerprint density at radius 1 is 1.15 bits per heavy atom. The van der Waals surface area contributed by atoms with Crippen molar-refractivity contribution in [2.45, 2.75) is 48.8 Å². The molecule has 1 aromatic rings. The fourth-order valence-electron chi connectivity index (χ4n) is 3.32. The van der Waals surface area contributed by atoms with Gasteiger partial charge in [-0.25, -0.2) is 8.42 Å². The monoisotopic (exact) mass is 292 g/mol.